The minimum absolute atomic E-state index is 0.00391. The highest BCUT2D eigenvalue weighted by Gasteiger charge is 2.33. The summed E-state index contributed by atoms with van der Waals surface area (Å²) in [5.41, 5.74) is -0.751. The van der Waals surface area contributed by atoms with Gasteiger partial charge in [-0.05, 0) is 37.5 Å². The van der Waals surface area contributed by atoms with Crippen molar-refractivity contribution in [2.45, 2.75) is 38.9 Å². The lowest BCUT2D eigenvalue weighted by Gasteiger charge is -2.32. The zero-order valence-electron chi connectivity index (χ0n) is 17.3. The topological polar surface area (TPSA) is 139 Å². The molecule has 2 aromatic rings. The van der Waals surface area contributed by atoms with E-state index in [1.165, 1.54) is 35.9 Å². The number of nitrogens with one attached hydrogen (secondary N) is 1. The molecule has 1 aromatic heterocycles. The van der Waals surface area contributed by atoms with Crippen LogP contribution in [0, 0.1) is 5.82 Å². The monoisotopic (exact) mass is 464 g/mol. The summed E-state index contributed by atoms with van der Waals surface area (Å²) in [4.78, 5) is 42.7. The van der Waals surface area contributed by atoms with Gasteiger partial charge < -0.3 is 15.3 Å². The fraction of sp³-hybridized carbons (Fsp3) is 0.350. The van der Waals surface area contributed by atoms with Crippen molar-refractivity contribution < 1.29 is 27.5 Å². The number of benzene rings is 1. The first kappa shape index (κ1) is 23.1. The summed E-state index contributed by atoms with van der Waals surface area (Å²) in [6, 6.07) is 4.63. The Morgan fingerprint density at radius 3 is 2.59 bits per heavy atom. The SMILES string of the molecule is CC(C(=O)N(C)C1CCCn2c1nc(C(=O)NCc1ccc(F)cc1)c(O)c2=O)=S(=O)=O. The number of fused-ring (bicyclic) bond motifs is 1. The van der Waals surface area contributed by atoms with Gasteiger partial charge in [-0.25, -0.2) is 9.37 Å². The van der Waals surface area contributed by atoms with Crippen molar-refractivity contribution >= 4 is 27.0 Å². The van der Waals surface area contributed by atoms with Crippen LogP contribution in [0.2, 0.25) is 0 Å². The number of carbonyl (C=O) groups excluding carboxylic acids is 2. The number of halogens is 1. The smallest absolute Gasteiger partial charge is 0.296 e. The van der Waals surface area contributed by atoms with Crippen LogP contribution >= 0.6 is 0 Å². The fourth-order valence-electron chi connectivity index (χ4n) is 3.46. The summed E-state index contributed by atoms with van der Waals surface area (Å²) in [7, 11) is -1.33. The second kappa shape index (κ2) is 9.30. The molecule has 3 rings (SSSR count). The van der Waals surface area contributed by atoms with Gasteiger partial charge in [0.25, 0.3) is 17.4 Å². The summed E-state index contributed by atoms with van der Waals surface area (Å²) in [6.45, 7) is 1.39. The minimum atomic E-state index is -2.71. The van der Waals surface area contributed by atoms with Gasteiger partial charge in [-0.3, -0.25) is 19.0 Å². The predicted molar refractivity (Wildman–Crippen MR) is 112 cm³/mol. The summed E-state index contributed by atoms with van der Waals surface area (Å²) in [6.07, 6.45) is 0.862. The molecule has 1 aliphatic heterocycles. The van der Waals surface area contributed by atoms with Crippen LogP contribution in [0.25, 0.3) is 0 Å². The van der Waals surface area contributed by atoms with Crippen LogP contribution in [0.15, 0.2) is 29.1 Å². The first-order valence-corrected chi connectivity index (χ1v) is 10.8. The molecular weight excluding hydrogens is 443 g/mol. The molecule has 0 aliphatic carbocycles. The minimum Gasteiger partial charge on any atom is -0.501 e. The van der Waals surface area contributed by atoms with Gasteiger partial charge in [-0.15, -0.1) is 0 Å². The predicted octanol–water partition coefficient (Wildman–Crippen LogP) is 0.383. The van der Waals surface area contributed by atoms with Gasteiger partial charge in [-0.2, -0.15) is 8.42 Å². The molecule has 32 heavy (non-hydrogen) atoms. The summed E-state index contributed by atoms with van der Waals surface area (Å²) in [5, 5.41) is 12.8. The molecule has 10 nitrogen and oxygen atoms in total. The van der Waals surface area contributed by atoms with E-state index in [1.54, 1.807) is 0 Å². The number of rotatable bonds is 5. The Morgan fingerprint density at radius 1 is 1.31 bits per heavy atom. The van der Waals surface area contributed by atoms with E-state index >= 15 is 0 Å². The number of aromatic hydroxyl groups is 1. The number of hydrogen-bond acceptors (Lipinski definition) is 7. The molecule has 1 aromatic carbocycles. The first-order chi connectivity index (χ1) is 15.1. The van der Waals surface area contributed by atoms with E-state index in [-0.39, 0.29) is 18.9 Å². The molecule has 0 radical (unpaired) electrons. The summed E-state index contributed by atoms with van der Waals surface area (Å²) >= 11 is 0. The van der Waals surface area contributed by atoms with Crippen LogP contribution in [-0.2, 0) is 28.2 Å². The molecule has 12 heteroatoms. The lowest BCUT2D eigenvalue weighted by molar-refractivity contribution is -0.125. The zero-order chi connectivity index (χ0) is 23.6. The van der Waals surface area contributed by atoms with Crippen molar-refractivity contribution in [2.75, 3.05) is 7.05 Å². The standard InChI is InChI=1S/C20H21FN4O6S/c1-11(32(30)31)19(28)24(2)14-4-3-9-25-17(14)23-15(16(26)20(25)29)18(27)22-10-12-5-7-13(21)8-6-12/h5-8,14,26H,3-4,9-10H2,1-2H3,(H,22,27). The molecule has 1 unspecified atom stereocenters. The molecule has 170 valence electrons. The van der Waals surface area contributed by atoms with Gasteiger partial charge in [0.2, 0.25) is 16.0 Å². The number of amides is 2. The molecule has 0 fully saturated rings. The number of carbonyl (C=O) groups is 2. The van der Waals surface area contributed by atoms with E-state index in [4.69, 9.17) is 0 Å². The van der Waals surface area contributed by atoms with Crippen LogP contribution < -0.4 is 10.9 Å². The largest absolute Gasteiger partial charge is 0.501 e. The van der Waals surface area contributed by atoms with Crippen LogP contribution in [0.4, 0.5) is 4.39 Å². The van der Waals surface area contributed by atoms with Crippen molar-refractivity contribution in [2.24, 2.45) is 0 Å². The highest BCUT2D eigenvalue weighted by atomic mass is 32.2. The van der Waals surface area contributed by atoms with Gasteiger partial charge in [0.15, 0.2) is 5.69 Å². The molecule has 2 N–H and O–H groups in total. The molecule has 1 atom stereocenters. The van der Waals surface area contributed by atoms with Crippen molar-refractivity contribution in [1.82, 2.24) is 19.8 Å². The quantitative estimate of drug-likeness (QED) is 0.610. The molecule has 0 saturated carbocycles. The Hall–Kier alpha value is -3.54. The summed E-state index contributed by atoms with van der Waals surface area (Å²) < 4.78 is 36.5. The van der Waals surface area contributed by atoms with Crippen LogP contribution in [0.1, 0.15) is 47.7 Å². The number of aromatic nitrogens is 2. The van der Waals surface area contributed by atoms with Crippen molar-refractivity contribution in [1.29, 1.82) is 0 Å². The fourth-order valence-corrected chi connectivity index (χ4v) is 3.74. The Bertz CT molecular complexity index is 1260. The van der Waals surface area contributed by atoms with E-state index in [0.29, 0.717) is 18.4 Å². The van der Waals surface area contributed by atoms with Gasteiger partial charge in [0, 0.05) is 20.1 Å². The van der Waals surface area contributed by atoms with Gasteiger partial charge >= 0.3 is 0 Å². The van der Waals surface area contributed by atoms with Crippen molar-refractivity contribution in [3.05, 3.63) is 57.5 Å². The van der Waals surface area contributed by atoms with E-state index in [1.807, 2.05) is 0 Å². The molecule has 2 amide bonds. The lowest BCUT2D eigenvalue weighted by atomic mass is 10.0. The Kier molecular flexibility index (Phi) is 6.72. The Balaban J connectivity index is 1.94. The Labute approximate surface area is 183 Å². The second-order valence-electron chi connectivity index (χ2n) is 7.30. The van der Waals surface area contributed by atoms with E-state index < -0.39 is 55.8 Å². The highest BCUT2D eigenvalue weighted by molar-refractivity contribution is 7.74. The van der Waals surface area contributed by atoms with Crippen LogP contribution in [0.5, 0.6) is 5.75 Å². The molecule has 1 aliphatic rings. The summed E-state index contributed by atoms with van der Waals surface area (Å²) in [5.74, 6) is -2.77. The molecule has 0 bridgehead atoms. The van der Waals surface area contributed by atoms with Crippen molar-refractivity contribution in [3.63, 3.8) is 0 Å². The van der Waals surface area contributed by atoms with E-state index in [0.717, 1.165) is 11.8 Å². The molecule has 0 spiro atoms. The van der Waals surface area contributed by atoms with Gasteiger partial charge in [0.05, 0.1) is 6.04 Å². The van der Waals surface area contributed by atoms with E-state index in [9.17, 15) is 32.3 Å². The maximum Gasteiger partial charge on any atom is 0.296 e. The maximum atomic E-state index is 13.0. The van der Waals surface area contributed by atoms with Gasteiger partial charge in [-0.1, -0.05) is 12.1 Å². The van der Waals surface area contributed by atoms with E-state index in [2.05, 4.69) is 10.3 Å². The second-order valence-corrected chi connectivity index (χ2v) is 8.38. The maximum absolute atomic E-state index is 13.0. The third-order valence-electron chi connectivity index (χ3n) is 5.25. The number of nitrogens with zero attached hydrogens (tertiary/aromatic N) is 3. The van der Waals surface area contributed by atoms with Crippen LogP contribution in [-0.4, -0.2) is 51.7 Å². The number of hydrogen-bond donors (Lipinski definition) is 2. The van der Waals surface area contributed by atoms with Gasteiger partial charge in [0.1, 0.15) is 16.5 Å². The zero-order valence-corrected chi connectivity index (χ0v) is 18.1. The lowest BCUT2D eigenvalue weighted by Crippen LogP contribution is -2.42. The molecule has 0 saturated heterocycles. The third-order valence-corrected chi connectivity index (χ3v) is 5.93. The highest BCUT2D eigenvalue weighted by Crippen LogP contribution is 2.29. The molecule has 2 heterocycles. The first-order valence-electron chi connectivity index (χ1n) is 9.68. The average Bonchev–Trinajstić information content (AvgIpc) is 2.78. The normalized spacial score (nSPS) is 14.9. The third kappa shape index (κ3) is 4.54. The molecular formula is C20H21FN4O6S. The van der Waals surface area contributed by atoms with Crippen LogP contribution in [0.3, 0.4) is 0 Å². The Morgan fingerprint density at radius 2 is 1.97 bits per heavy atom. The average molecular weight is 464 g/mol. The van der Waals surface area contributed by atoms with Crippen molar-refractivity contribution in [3.8, 4) is 5.75 Å².